The van der Waals surface area contributed by atoms with E-state index in [1.165, 1.54) is 12.8 Å². The molecule has 1 saturated carbocycles. The van der Waals surface area contributed by atoms with E-state index >= 15 is 0 Å². The summed E-state index contributed by atoms with van der Waals surface area (Å²) in [5, 5.41) is 3.05. The van der Waals surface area contributed by atoms with Gasteiger partial charge in [0.15, 0.2) is 0 Å². The van der Waals surface area contributed by atoms with Crippen LogP contribution in [-0.2, 0) is 4.79 Å². The lowest BCUT2D eigenvalue weighted by Crippen LogP contribution is -2.21. The van der Waals surface area contributed by atoms with Crippen molar-refractivity contribution in [3.63, 3.8) is 0 Å². The lowest BCUT2D eigenvalue weighted by Gasteiger charge is -2.14. The van der Waals surface area contributed by atoms with Crippen LogP contribution in [0.4, 0.5) is 5.69 Å². The van der Waals surface area contributed by atoms with Crippen LogP contribution in [0.25, 0.3) is 5.69 Å². The van der Waals surface area contributed by atoms with Crippen LogP contribution < -0.4 is 5.32 Å². The molecule has 0 atom stereocenters. The SMILES string of the molecule is O=C(Nc1ccccc1-n1ccnc1)C1CCCC1. The van der Waals surface area contributed by atoms with Gasteiger partial charge in [0.2, 0.25) is 5.91 Å². The number of carbonyl (C=O) groups is 1. The highest BCUT2D eigenvalue weighted by Gasteiger charge is 2.23. The van der Waals surface area contributed by atoms with E-state index in [0.717, 1.165) is 24.2 Å². The molecule has 0 bridgehead atoms. The molecule has 1 aliphatic carbocycles. The Morgan fingerprint density at radius 1 is 1.26 bits per heavy atom. The molecule has 1 fully saturated rings. The molecule has 2 aromatic rings. The van der Waals surface area contributed by atoms with E-state index in [0.29, 0.717) is 0 Å². The number of imidazole rings is 1. The average molecular weight is 255 g/mol. The molecule has 1 aromatic heterocycles. The smallest absolute Gasteiger partial charge is 0.227 e. The maximum Gasteiger partial charge on any atom is 0.227 e. The van der Waals surface area contributed by atoms with Crippen LogP contribution in [0.5, 0.6) is 0 Å². The Labute approximate surface area is 112 Å². The van der Waals surface area contributed by atoms with Crippen LogP contribution in [-0.4, -0.2) is 15.5 Å². The summed E-state index contributed by atoms with van der Waals surface area (Å²) in [6.45, 7) is 0. The molecule has 0 unspecified atom stereocenters. The minimum Gasteiger partial charge on any atom is -0.324 e. The predicted octanol–water partition coefficient (Wildman–Crippen LogP) is 3.00. The van der Waals surface area contributed by atoms with Crippen molar-refractivity contribution in [2.45, 2.75) is 25.7 Å². The first-order chi connectivity index (χ1) is 9.34. The summed E-state index contributed by atoms with van der Waals surface area (Å²) < 4.78 is 1.91. The van der Waals surface area contributed by atoms with Crippen molar-refractivity contribution < 1.29 is 4.79 Å². The van der Waals surface area contributed by atoms with E-state index in [2.05, 4.69) is 10.3 Å². The second kappa shape index (κ2) is 5.26. The molecular weight excluding hydrogens is 238 g/mol. The van der Waals surface area contributed by atoms with Crippen LogP contribution in [0, 0.1) is 5.92 Å². The molecule has 19 heavy (non-hydrogen) atoms. The molecule has 0 spiro atoms. The third-order valence-electron chi connectivity index (χ3n) is 3.67. The summed E-state index contributed by atoms with van der Waals surface area (Å²) >= 11 is 0. The molecule has 3 rings (SSSR count). The number of para-hydroxylation sites is 2. The number of benzene rings is 1. The number of nitrogens with zero attached hydrogens (tertiary/aromatic N) is 2. The third kappa shape index (κ3) is 2.52. The number of nitrogens with one attached hydrogen (secondary N) is 1. The Morgan fingerprint density at radius 2 is 2.05 bits per heavy atom. The van der Waals surface area contributed by atoms with Gasteiger partial charge in [0.05, 0.1) is 17.7 Å². The number of hydrogen-bond acceptors (Lipinski definition) is 2. The van der Waals surface area contributed by atoms with Crippen LogP contribution in [0.15, 0.2) is 43.0 Å². The summed E-state index contributed by atoms with van der Waals surface area (Å²) in [6.07, 6.45) is 9.71. The number of aromatic nitrogens is 2. The zero-order valence-corrected chi connectivity index (χ0v) is 10.7. The zero-order valence-electron chi connectivity index (χ0n) is 10.7. The van der Waals surface area contributed by atoms with Gasteiger partial charge in [0.1, 0.15) is 0 Å². The Balaban J connectivity index is 1.83. The second-order valence-electron chi connectivity index (χ2n) is 4.96. The Hall–Kier alpha value is -2.10. The first kappa shape index (κ1) is 12.0. The van der Waals surface area contributed by atoms with Crippen molar-refractivity contribution in [2.24, 2.45) is 5.92 Å². The van der Waals surface area contributed by atoms with Gasteiger partial charge in [0, 0.05) is 18.3 Å². The van der Waals surface area contributed by atoms with Gasteiger partial charge in [-0.2, -0.15) is 0 Å². The van der Waals surface area contributed by atoms with Crippen molar-refractivity contribution in [1.82, 2.24) is 9.55 Å². The van der Waals surface area contributed by atoms with Crippen molar-refractivity contribution in [2.75, 3.05) is 5.32 Å². The standard InChI is InChI=1S/C15H17N3O/c19-15(12-5-1-2-6-12)17-13-7-3-4-8-14(13)18-10-9-16-11-18/h3-4,7-12H,1-2,5-6H2,(H,17,19). The molecule has 1 aromatic carbocycles. The van der Waals surface area contributed by atoms with Crippen LogP contribution in [0.1, 0.15) is 25.7 Å². The third-order valence-corrected chi connectivity index (χ3v) is 3.67. The Kier molecular flexibility index (Phi) is 3.31. The molecule has 0 aliphatic heterocycles. The minimum atomic E-state index is 0.144. The molecule has 98 valence electrons. The maximum absolute atomic E-state index is 12.2. The molecule has 4 heteroatoms. The van der Waals surface area contributed by atoms with Gasteiger partial charge in [-0.1, -0.05) is 25.0 Å². The van der Waals surface area contributed by atoms with E-state index in [4.69, 9.17) is 0 Å². The van der Waals surface area contributed by atoms with E-state index in [-0.39, 0.29) is 11.8 Å². The van der Waals surface area contributed by atoms with Crippen molar-refractivity contribution in [3.8, 4) is 5.69 Å². The predicted molar refractivity (Wildman–Crippen MR) is 74.2 cm³/mol. The summed E-state index contributed by atoms with van der Waals surface area (Å²) in [6, 6.07) is 7.80. The van der Waals surface area contributed by atoms with Crippen molar-refractivity contribution in [1.29, 1.82) is 0 Å². The second-order valence-corrected chi connectivity index (χ2v) is 4.96. The Morgan fingerprint density at radius 3 is 2.79 bits per heavy atom. The molecular formula is C15H17N3O. The van der Waals surface area contributed by atoms with Gasteiger partial charge in [-0.05, 0) is 25.0 Å². The summed E-state index contributed by atoms with van der Waals surface area (Å²) in [5.41, 5.74) is 1.80. The number of rotatable bonds is 3. The molecule has 1 N–H and O–H groups in total. The van der Waals surface area contributed by atoms with E-state index in [1.807, 2.05) is 35.0 Å². The van der Waals surface area contributed by atoms with E-state index in [1.54, 1.807) is 12.5 Å². The lowest BCUT2D eigenvalue weighted by molar-refractivity contribution is -0.119. The normalized spacial score (nSPS) is 15.6. The number of hydrogen-bond donors (Lipinski definition) is 1. The van der Waals surface area contributed by atoms with Gasteiger partial charge < -0.3 is 9.88 Å². The number of anilines is 1. The molecule has 1 heterocycles. The van der Waals surface area contributed by atoms with Gasteiger partial charge in [0.25, 0.3) is 0 Å². The van der Waals surface area contributed by atoms with Crippen LogP contribution in [0.2, 0.25) is 0 Å². The zero-order chi connectivity index (χ0) is 13.1. The molecule has 0 radical (unpaired) electrons. The quantitative estimate of drug-likeness (QED) is 0.916. The van der Waals surface area contributed by atoms with Crippen molar-refractivity contribution in [3.05, 3.63) is 43.0 Å². The van der Waals surface area contributed by atoms with Gasteiger partial charge >= 0.3 is 0 Å². The molecule has 4 nitrogen and oxygen atoms in total. The van der Waals surface area contributed by atoms with E-state index in [9.17, 15) is 4.79 Å². The monoisotopic (exact) mass is 255 g/mol. The summed E-state index contributed by atoms with van der Waals surface area (Å²) in [4.78, 5) is 16.2. The van der Waals surface area contributed by atoms with Gasteiger partial charge in [-0.15, -0.1) is 0 Å². The topological polar surface area (TPSA) is 46.9 Å². The fourth-order valence-electron chi connectivity index (χ4n) is 2.63. The highest BCUT2D eigenvalue weighted by atomic mass is 16.1. The molecule has 0 saturated heterocycles. The molecule has 1 amide bonds. The Bertz CT molecular complexity index is 557. The van der Waals surface area contributed by atoms with Crippen molar-refractivity contribution >= 4 is 11.6 Å². The highest BCUT2D eigenvalue weighted by molar-refractivity contribution is 5.94. The minimum absolute atomic E-state index is 0.144. The number of carbonyl (C=O) groups excluding carboxylic acids is 1. The fourth-order valence-corrected chi connectivity index (χ4v) is 2.63. The van der Waals surface area contributed by atoms with Gasteiger partial charge in [-0.25, -0.2) is 4.98 Å². The van der Waals surface area contributed by atoms with E-state index < -0.39 is 0 Å². The lowest BCUT2D eigenvalue weighted by atomic mass is 10.1. The van der Waals surface area contributed by atoms with Crippen LogP contribution in [0.3, 0.4) is 0 Å². The first-order valence-corrected chi connectivity index (χ1v) is 6.73. The fraction of sp³-hybridized carbons (Fsp3) is 0.333. The maximum atomic E-state index is 12.2. The largest absolute Gasteiger partial charge is 0.324 e. The first-order valence-electron chi connectivity index (χ1n) is 6.73. The highest BCUT2D eigenvalue weighted by Crippen LogP contribution is 2.27. The number of amides is 1. The summed E-state index contributed by atoms with van der Waals surface area (Å²) in [7, 11) is 0. The summed E-state index contributed by atoms with van der Waals surface area (Å²) in [5.74, 6) is 0.320. The average Bonchev–Trinajstić information content (AvgIpc) is 3.13. The molecule has 1 aliphatic rings. The van der Waals surface area contributed by atoms with Crippen LogP contribution >= 0.6 is 0 Å². The van der Waals surface area contributed by atoms with Gasteiger partial charge in [-0.3, -0.25) is 4.79 Å².